The van der Waals surface area contributed by atoms with Gasteiger partial charge in [-0.2, -0.15) is 11.8 Å². The van der Waals surface area contributed by atoms with Crippen molar-refractivity contribution in [3.8, 4) is 0 Å². The summed E-state index contributed by atoms with van der Waals surface area (Å²) in [7, 11) is 0. The van der Waals surface area contributed by atoms with Crippen LogP contribution in [0.5, 0.6) is 0 Å². The highest BCUT2D eigenvalue weighted by atomic mass is 32.2. The van der Waals surface area contributed by atoms with Crippen molar-refractivity contribution in [1.82, 2.24) is 0 Å². The van der Waals surface area contributed by atoms with Crippen LogP contribution >= 0.6 is 11.8 Å². The molecular weight excluding hydrogens is 364 g/mol. The van der Waals surface area contributed by atoms with Crippen LogP contribution in [0.25, 0.3) is 0 Å². The van der Waals surface area contributed by atoms with Gasteiger partial charge in [-0.3, -0.25) is 4.79 Å². The van der Waals surface area contributed by atoms with Gasteiger partial charge in [0.05, 0.1) is 11.4 Å². The van der Waals surface area contributed by atoms with Gasteiger partial charge in [-0.1, -0.05) is 77.6 Å². The van der Waals surface area contributed by atoms with Gasteiger partial charge in [-0.15, -0.1) is 0 Å². The molecule has 2 nitrogen and oxygen atoms in total. The number of carbonyl (C=O) groups excluding carboxylic acids is 1. The fraction of sp³-hybridized carbons (Fsp3) is 0.920. The van der Waals surface area contributed by atoms with Crippen molar-refractivity contribution in [3.05, 3.63) is 6.42 Å². The van der Waals surface area contributed by atoms with Gasteiger partial charge in [0.2, 0.25) is 6.29 Å². The largest absolute Gasteiger partial charge is 0.378 e. The molecule has 0 aliphatic heterocycles. The summed E-state index contributed by atoms with van der Waals surface area (Å²) in [5.41, 5.74) is 0. The molecule has 1 saturated carbocycles. The monoisotopic (exact) mass is 410 g/mol. The van der Waals surface area contributed by atoms with Gasteiger partial charge in [-0.05, 0) is 57.1 Å². The van der Waals surface area contributed by atoms with Crippen LogP contribution in [0.2, 0.25) is 0 Å². The molecule has 28 heavy (non-hydrogen) atoms. The summed E-state index contributed by atoms with van der Waals surface area (Å²) < 4.78 is 5.98. The van der Waals surface area contributed by atoms with Crippen LogP contribution in [0.1, 0.15) is 122 Å². The van der Waals surface area contributed by atoms with E-state index in [0.717, 1.165) is 25.2 Å². The molecule has 2 radical (unpaired) electrons. The van der Waals surface area contributed by atoms with Crippen molar-refractivity contribution in [1.29, 1.82) is 0 Å². The predicted molar refractivity (Wildman–Crippen MR) is 125 cm³/mol. The number of thioether (sulfide) groups is 1. The first-order chi connectivity index (χ1) is 13.9. The molecule has 1 fully saturated rings. The Bertz CT molecular complexity index is 329. The third kappa shape index (κ3) is 15.9. The van der Waals surface area contributed by atoms with Gasteiger partial charge >= 0.3 is 0 Å². The fourth-order valence-electron chi connectivity index (χ4n) is 3.95. The lowest BCUT2D eigenvalue weighted by atomic mass is 9.98. The Morgan fingerprint density at radius 3 is 1.96 bits per heavy atom. The van der Waals surface area contributed by atoms with Crippen LogP contribution < -0.4 is 0 Å². The molecule has 0 heterocycles. The number of unbranched alkanes of at least 4 members (excludes halogenated alkanes) is 11. The lowest BCUT2D eigenvalue weighted by molar-refractivity contribution is 0.0326. The van der Waals surface area contributed by atoms with Gasteiger partial charge in [0, 0.05) is 6.61 Å². The molecule has 0 amide bonds. The van der Waals surface area contributed by atoms with Gasteiger partial charge < -0.3 is 4.74 Å². The molecule has 0 aromatic heterocycles. The molecule has 164 valence electrons. The number of ether oxygens (including phenoxy) is 1. The summed E-state index contributed by atoms with van der Waals surface area (Å²) in [5.74, 6) is 1.09. The summed E-state index contributed by atoms with van der Waals surface area (Å²) >= 11 is 1.78. The number of hydrogen-bond donors (Lipinski definition) is 0. The summed E-state index contributed by atoms with van der Waals surface area (Å²) in [6.07, 6.45) is 28.5. The van der Waals surface area contributed by atoms with Gasteiger partial charge in [-0.25, -0.2) is 0 Å². The Kier molecular flexibility index (Phi) is 18.8. The van der Waals surface area contributed by atoms with Crippen molar-refractivity contribution in [2.45, 2.75) is 134 Å². The van der Waals surface area contributed by atoms with Crippen molar-refractivity contribution >= 4 is 18.0 Å². The third-order valence-corrected chi connectivity index (χ3v) is 7.13. The fourth-order valence-corrected chi connectivity index (χ4v) is 4.87. The smallest absolute Gasteiger partial charge is 0.212 e. The van der Waals surface area contributed by atoms with E-state index in [4.69, 9.17) is 4.74 Å². The Balaban J connectivity index is 1.72. The zero-order valence-electron chi connectivity index (χ0n) is 18.6. The standard InChI is InChI=1S/C25H46O2S/c1-2-22-28-25(23-26)20-16-11-9-7-5-3-4-6-8-10-12-17-21-27-24-18-14-13-15-19-24/h13,24-25H,2-12,14-22H2,1H3. The minimum absolute atomic E-state index is 0.123. The van der Waals surface area contributed by atoms with Crippen LogP contribution in [0.15, 0.2) is 0 Å². The Morgan fingerprint density at radius 2 is 1.43 bits per heavy atom. The van der Waals surface area contributed by atoms with Crippen LogP contribution in [0.3, 0.4) is 0 Å². The minimum Gasteiger partial charge on any atom is -0.378 e. The molecule has 1 unspecified atom stereocenters. The molecular formula is C25H46O2S. The van der Waals surface area contributed by atoms with E-state index < -0.39 is 0 Å². The van der Waals surface area contributed by atoms with Gasteiger partial charge in [0.25, 0.3) is 0 Å². The molecule has 0 bridgehead atoms. The van der Waals surface area contributed by atoms with E-state index in [1.54, 1.807) is 11.8 Å². The number of hydrogen-bond acceptors (Lipinski definition) is 3. The maximum atomic E-state index is 10.9. The van der Waals surface area contributed by atoms with E-state index in [1.165, 1.54) is 103 Å². The second-order valence-electron chi connectivity index (χ2n) is 8.44. The van der Waals surface area contributed by atoms with Crippen molar-refractivity contribution in [2.24, 2.45) is 0 Å². The Morgan fingerprint density at radius 1 is 0.893 bits per heavy atom. The van der Waals surface area contributed by atoms with Crippen molar-refractivity contribution in [3.63, 3.8) is 0 Å². The highest BCUT2D eigenvalue weighted by molar-refractivity contribution is 8.00. The van der Waals surface area contributed by atoms with E-state index in [9.17, 15) is 4.79 Å². The Hall–Kier alpha value is -0.0200. The average molecular weight is 411 g/mol. The SMILES string of the molecule is CCCSC([C]=O)CCCCCCCCCCCCCCOC1CC[CH]CC1. The van der Waals surface area contributed by atoms with Crippen LogP contribution in [-0.2, 0) is 9.53 Å². The molecule has 1 atom stereocenters. The zero-order valence-corrected chi connectivity index (χ0v) is 19.4. The van der Waals surface area contributed by atoms with E-state index in [0.29, 0.717) is 6.10 Å². The minimum atomic E-state index is 0.123. The second-order valence-corrected chi connectivity index (χ2v) is 9.76. The molecule has 1 rings (SSSR count). The van der Waals surface area contributed by atoms with Gasteiger partial charge in [0.1, 0.15) is 0 Å². The van der Waals surface area contributed by atoms with Crippen LogP contribution in [0.4, 0.5) is 0 Å². The van der Waals surface area contributed by atoms with Crippen molar-refractivity contribution < 1.29 is 9.53 Å². The second kappa shape index (κ2) is 20.3. The molecule has 1 aliphatic rings. The molecule has 1 aliphatic carbocycles. The van der Waals surface area contributed by atoms with E-state index in [1.807, 2.05) is 0 Å². The van der Waals surface area contributed by atoms with Crippen molar-refractivity contribution in [2.75, 3.05) is 12.4 Å². The highest BCUT2D eigenvalue weighted by Crippen LogP contribution is 2.20. The first-order valence-electron chi connectivity index (χ1n) is 12.3. The van der Waals surface area contributed by atoms with Crippen LogP contribution in [0, 0.1) is 6.42 Å². The van der Waals surface area contributed by atoms with E-state index in [-0.39, 0.29) is 5.25 Å². The lowest BCUT2D eigenvalue weighted by Crippen LogP contribution is -2.17. The maximum absolute atomic E-state index is 10.9. The normalized spacial score (nSPS) is 16.3. The summed E-state index contributed by atoms with van der Waals surface area (Å²) in [6.45, 7) is 3.15. The predicted octanol–water partition coefficient (Wildman–Crippen LogP) is 7.84. The summed E-state index contributed by atoms with van der Waals surface area (Å²) in [4.78, 5) is 10.9. The first-order valence-corrected chi connectivity index (χ1v) is 13.3. The summed E-state index contributed by atoms with van der Waals surface area (Å²) in [6, 6.07) is 0. The lowest BCUT2D eigenvalue weighted by Gasteiger charge is -2.21. The van der Waals surface area contributed by atoms with Gasteiger partial charge in [0.15, 0.2) is 0 Å². The van der Waals surface area contributed by atoms with E-state index in [2.05, 4.69) is 19.6 Å². The molecule has 3 heteroatoms. The molecule has 0 aromatic carbocycles. The average Bonchev–Trinajstić information content (AvgIpc) is 2.73. The third-order valence-electron chi connectivity index (χ3n) is 5.75. The zero-order chi connectivity index (χ0) is 20.1. The van der Waals surface area contributed by atoms with Crippen LogP contribution in [-0.4, -0.2) is 30.0 Å². The highest BCUT2D eigenvalue weighted by Gasteiger charge is 2.13. The molecule has 0 saturated heterocycles. The molecule has 0 spiro atoms. The Labute approximate surface area is 180 Å². The first kappa shape index (κ1) is 26.0. The molecule has 0 aromatic rings. The topological polar surface area (TPSA) is 26.3 Å². The quantitative estimate of drug-likeness (QED) is 0.191. The van der Waals surface area contributed by atoms with E-state index >= 15 is 0 Å². The number of rotatable bonds is 20. The molecule has 0 N–H and O–H groups in total. The summed E-state index contributed by atoms with van der Waals surface area (Å²) in [5, 5.41) is 0.123. The maximum Gasteiger partial charge on any atom is 0.212 e.